The van der Waals surface area contributed by atoms with Crippen LogP contribution in [0.1, 0.15) is 25.3 Å². The number of aromatic nitrogens is 1. The van der Waals surface area contributed by atoms with Gasteiger partial charge >= 0.3 is 0 Å². The monoisotopic (exact) mass is 175 g/mol. The number of benzene rings is 1. The minimum atomic E-state index is 0.830. The fraction of sp³-hybridized carbons (Fsp3) is 0.364. The van der Waals surface area contributed by atoms with Gasteiger partial charge in [-0.3, -0.25) is 0 Å². The van der Waals surface area contributed by atoms with E-state index in [2.05, 4.69) is 24.9 Å². The molecule has 13 heavy (non-hydrogen) atoms. The van der Waals surface area contributed by atoms with E-state index < -0.39 is 0 Å². The highest BCUT2D eigenvalue weighted by molar-refractivity contribution is 5.76. The van der Waals surface area contributed by atoms with E-state index in [1.807, 2.05) is 12.1 Å². The van der Waals surface area contributed by atoms with Crippen molar-refractivity contribution in [1.29, 1.82) is 0 Å². The minimum Gasteiger partial charge on any atom is -0.440 e. The topological polar surface area (TPSA) is 26.0 Å². The molecule has 0 aliphatic heterocycles. The van der Waals surface area contributed by atoms with Crippen LogP contribution in [0.4, 0.5) is 0 Å². The normalized spacial score (nSPS) is 10.9. The van der Waals surface area contributed by atoms with E-state index in [1.54, 1.807) is 0 Å². The van der Waals surface area contributed by atoms with Gasteiger partial charge in [-0.15, -0.1) is 0 Å². The van der Waals surface area contributed by atoms with E-state index in [1.165, 1.54) is 5.56 Å². The SMILES string of the molecule is CCc1nc2cccc(CC)c2o1. The zero-order valence-corrected chi connectivity index (χ0v) is 8.00. The molecule has 0 unspecified atom stereocenters. The third-order valence-corrected chi connectivity index (χ3v) is 2.22. The van der Waals surface area contributed by atoms with Crippen LogP contribution in [-0.4, -0.2) is 4.98 Å². The number of nitrogens with zero attached hydrogens (tertiary/aromatic N) is 1. The van der Waals surface area contributed by atoms with E-state index in [4.69, 9.17) is 4.42 Å². The van der Waals surface area contributed by atoms with Gasteiger partial charge in [0, 0.05) is 6.42 Å². The minimum absolute atomic E-state index is 0.830. The van der Waals surface area contributed by atoms with E-state index in [0.717, 1.165) is 29.8 Å². The molecule has 1 aromatic heterocycles. The van der Waals surface area contributed by atoms with Crippen molar-refractivity contribution in [3.8, 4) is 0 Å². The van der Waals surface area contributed by atoms with E-state index in [9.17, 15) is 0 Å². The second kappa shape index (κ2) is 3.21. The summed E-state index contributed by atoms with van der Waals surface area (Å²) in [5.41, 5.74) is 3.18. The van der Waals surface area contributed by atoms with Crippen molar-refractivity contribution < 1.29 is 4.42 Å². The number of oxazole rings is 1. The standard InChI is InChI=1S/C11H13NO/c1-3-8-6-5-7-9-11(8)13-10(4-2)12-9/h5-7H,3-4H2,1-2H3. The molecule has 0 N–H and O–H groups in total. The number of rotatable bonds is 2. The van der Waals surface area contributed by atoms with Gasteiger partial charge in [0.05, 0.1) is 0 Å². The Morgan fingerprint density at radius 3 is 2.77 bits per heavy atom. The summed E-state index contributed by atoms with van der Waals surface area (Å²) in [5, 5.41) is 0. The van der Waals surface area contributed by atoms with Gasteiger partial charge in [-0.05, 0) is 18.1 Å². The Hall–Kier alpha value is -1.31. The van der Waals surface area contributed by atoms with Crippen LogP contribution in [-0.2, 0) is 12.8 Å². The third-order valence-electron chi connectivity index (χ3n) is 2.22. The van der Waals surface area contributed by atoms with Crippen LogP contribution in [0, 0.1) is 0 Å². The highest BCUT2D eigenvalue weighted by Crippen LogP contribution is 2.20. The molecule has 2 aromatic rings. The van der Waals surface area contributed by atoms with Crippen molar-refractivity contribution in [3.63, 3.8) is 0 Å². The number of fused-ring (bicyclic) bond motifs is 1. The first-order valence-corrected chi connectivity index (χ1v) is 4.72. The van der Waals surface area contributed by atoms with Crippen LogP contribution in [0.3, 0.4) is 0 Å². The Morgan fingerprint density at radius 2 is 2.08 bits per heavy atom. The summed E-state index contributed by atoms with van der Waals surface area (Å²) in [4.78, 5) is 4.37. The highest BCUT2D eigenvalue weighted by atomic mass is 16.3. The molecule has 0 aliphatic rings. The molecule has 2 heteroatoms. The molecule has 0 atom stereocenters. The Kier molecular flexibility index (Phi) is 2.05. The van der Waals surface area contributed by atoms with Gasteiger partial charge in [-0.2, -0.15) is 0 Å². The quantitative estimate of drug-likeness (QED) is 0.701. The molecule has 0 fully saturated rings. The lowest BCUT2D eigenvalue weighted by Crippen LogP contribution is -1.79. The number of hydrogen-bond acceptors (Lipinski definition) is 2. The largest absolute Gasteiger partial charge is 0.440 e. The first-order valence-electron chi connectivity index (χ1n) is 4.72. The lowest BCUT2D eigenvalue weighted by Gasteiger charge is -1.94. The first-order chi connectivity index (χ1) is 6.35. The van der Waals surface area contributed by atoms with Crippen LogP contribution in [0.2, 0.25) is 0 Å². The average molecular weight is 175 g/mol. The van der Waals surface area contributed by atoms with Crippen molar-refractivity contribution >= 4 is 11.1 Å². The number of hydrogen-bond donors (Lipinski definition) is 0. The van der Waals surface area contributed by atoms with Crippen LogP contribution in [0.15, 0.2) is 22.6 Å². The zero-order valence-electron chi connectivity index (χ0n) is 8.00. The molecule has 0 aliphatic carbocycles. The Bertz CT molecular complexity index is 417. The van der Waals surface area contributed by atoms with Gasteiger partial charge in [0.2, 0.25) is 0 Å². The molecule has 68 valence electrons. The third kappa shape index (κ3) is 1.32. The summed E-state index contributed by atoms with van der Waals surface area (Å²) in [6.07, 6.45) is 1.85. The van der Waals surface area contributed by atoms with Crippen molar-refractivity contribution in [2.45, 2.75) is 26.7 Å². The zero-order chi connectivity index (χ0) is 9.26. The molecule has 0 spiro atoms. The maximum atomic E-state index is 5.63. The van der Waals surface area contributed by atoms with Gasteiger partial charge in [0.1, 0.15) is 5.52 Å². The Morgan fingerprint density at radius 1 is 1.23 bits per heavy atom. The fourth-order valence-corrected chi connectivity index (χ4v) is 1.48. The van der Waals surface area contributed by atoms with Gasteiger partial charge in [0.25, 0.3) is 0 Å². The Labute approximate surface area is 77.6 Å². The molecule has 0 amide bonds. The van der Waals surface area contributed by atoms with Crippen LogP contribution in [0.25, 0.3) is 11.1 Å². The summed E-state index contributed by atoms with van der Waals surface area (Å²) >= 11 is 0. The molecule has 0 saturated carbocycles. The van der Waals surface area contributed by atoms with Gasteiger partial charge in [0.15, 0.2) is 11.5 Å². The smallest absolute Gasteiger partial charge is 0.195 e. The lowest BCUT2D eigenvalue weighted by atomic mass is 10.1. The lowest BCUT2D eigenvalue weighted by molar-refractivity contribution is 0.535. The van der Waals surface area contributed by atoms with E-state index in [0.29, 0.717) is 0 Å². The summed E-state index contributed by atoms with van der Waals surface area (Å²) in [5.74, 6) is 0.830. The molecular formula is C11H13NO. The summed E-state index contributed by atoms with van der Waals surface area (Å²) in [7, 11) is 0. The molecule has 0 radical (unpaired) electrons. The maximum absolute atomic E-state index is 5.63. The van der Waals surface area contributed by atoms with Gasteiger partial charge in [-0.25, -0.2) is 4.98 Å². The van der Waals surface area contributed by atoms with Crippen molar-refractivity contribution in [3.05, 3.63) is 29.7 Å². The van der Waals surface area contributed by atoms with Crippen LogP contribution in [0.5, 0.6) is 0 Å². The predicted molar refractivity (Wildman–Crippen MR) is 52.8 cm³/mol. The van der Waals surface area contributed by atoms with Crippen LogP contribution >= 0.6 is 0 Å². The molecule has 0 bridgehead atoms. The Balaban J connectivity index is 2.67. The maximum Gasteiger partial charge on any atom is 0.195 e. The number of para-hydroxylation sites is 1. The van der Waals surface area contributed by atoms with E-state index >= 15 is 0 Å². The van der Waals surface area contributed by atoms with Gasteiger partial charge < -0.3 is 4.42 Å². The fourth-order valence-electron chi connectivity index (χ4n) is 1.48. The van der Waals surface area contributed by atoms with Crippen molar-refractivity contribution in [2.24, 2.45) is 0 Å². The summed E-state index contributed by atoms with van der Waals surface area (Å²) < 4.78 is 5.63. The van der Waals surface area contributed by atoms with Crippen LogP contribution < -0.4 is 0 Å². The second-order valence-corrected chi connectivity index (χ2v) is 3.08. The molecular weight excluding hydrogens is 162 g/mol. The van der Waals surface area contributed by atoms with E-state index in [-0.39, 0.29) is 0 Å². The summed E-state index contributed by atoms with van der Waals surface area (Å²) in [6.45, 7) is 4.18. The van der Waals surface area contributed by atoms with Gasteiger partial charge in [-0.1, -0.05) is 26.0 Å². The molecule has 2 nitrogen and oxygen atoms in total. The average Bonchev–Trinajstić information content (AvgIpc) is 2.59. The molecule has 2 rings (SSSR count). The molecule has 1 heterocycles. The number of aryl methyl sites for hydroxylation is 2. The molecule has 0 saturated heterocycles. The second-order valence-electron chi connectivity index (χ2n) is 3.08. The van der Waals surface area contributed by atoms with Crippen molar-refractivity contribution in [2.75, 3.05) is 0 Å². The summed E-state index contributed by atoms with van der Waals surface area (Å²) in [6, 6.07) is 6.12. The predicted octanol–water partition coefficient (Wildman–Crippen LogP) is 2.95. The molecule has 1 aromatic carbocycles. The van der Waals surface area contributed by atoms with Crippen molar-refractivity contribution in [1.82, 2.24) is 4.98 Å². The first kappa shape index (κ1) is 8.30. The highest BCUT2D eigenvalue weighted by Gasteiger charge is 2.06.